The van der Waals surface area contributed by atoms with Crippen molar-refractivity contribution in [2.75, 3.05) is 40.9 Å². The number of hydrogen-bond donors (Lipinski definition) is 1. The summed E-state index contributed by atoms with van der Waals surface area (Å²) in [6.45, 7) is 6.53. The van der Waals surface area contributed by atoms with E-state index in [4.69, 9.17) is 13.8 Å². The van der Waals surface area contributed by atoms with Gasteiger partial charge in [0.2, 0.25) is 5.91 Å². The van der Waals surface area contributed by atoms with Crippen molar-refractivity contribution in [1.82, 2.24) is 5.32 Å². The third-order valence-electron chi connectivity index (χ3n) is 13.3. The number of esters is 1. The first-order chi connectivity index (χ1) is 39.4. The van der Waals surface area contributed by atoms with Crippen molar-refractivity contribution >= 4 is 19.7 Å². The van der Waals surface area contributed by atoms with Crippen LogP contribution in [-0.2, 0) is 27.9 Å². The van der Waals surface area contributed by atoms with E-state index in [1.165, 1.54) is 77.0 Å². The van der Waals surface area contributed by atoms with Gasteiger partial charge in [0.15, 0.2) is 0 Å². The fourth-order valence-electron chi connectivity index (χ4n) is 8.39. The first-order valence-corrected chi connectivity index (χ1v) is 33.6. The summed E-state index contributed by atoms with van der Waals surface area (Å²) in [5.41, 5.74) is 0. The molecule has 0 saturated carbocycles. The largest absolute Gasteiger partial charge is 0.756 e. The van der Waals surface area contributed by atoms with Gasteiger partial charge in [-0.1, -0.05) is 257 Å². The molecule has 0 fully saturated rings. The van der Waals surface area contributed by atoms with E-state index in [2.05, 4.69) is 148 Å². The molecule has 3 atom stereocenters. The lowest BCUT2D eigenvalue weighted by Gasteiger charge is -2.30. The molecule has 0 spiro atoms. The summed E-state index contributed by atoms with van der Waals surface area (Å²) >= 11 is 0. The summed E-state index contributed by atoms with van der Waals surface area (Å²) in [6.07, 6.45) is 85.5. The Morgan fingerprint density at radius 1 is 0.444 bits per heavy atom. The third kappa shape index (κ3) is 60.3. The fourth-order valence-corrected chi connectivity index (χ4v) is 9.12. The monoisotopic (exact) mass is 1140 g/mol. The highest BCUT2D eigenvalue weighted by Crippen LogP contribution is 2.38. The highest BCUT2D eigenvalue weighted by molar-refractivity contribution is 7.45. The molecule has 0 aromatic carbocycles. The molecule has 0 aliphatic carbocycles. The Hall–Kier alpha value is -4.11. The summed E-state index contributed by atoms with van der Waals surface area (Å²) in [5.74, 6) is -0.657. The van der Waals surface area contributed by atoms with Gasteiger partial charge in [-0.3, -0.25) is 14.2 Å². The summed E-state index contributed by atoms with van der Waals surface area (Å²) in [7, 11) is 1.11. The predicted molar refractivity (Wildman–Crippen MR) is 348 cm³/mol. The van der Waals surface area contributed by atoms with Crippen LogP contribution in [0.4, 0.5) is 0 Å². The SMILES string of the molecule is CC/C=C\C/C=C\C/C=C\C/C=C\C/C=C\C/C=C\CCC(=O)NC(COP(=O)([O-])OCC[N+](C)(C)C)C(/C=C\CCCCCCCCCCC)OC(=O)CCCCCCCCCCC/C=C\C/C=C\C/C=C\C/C=C\C/C=C\CC. The molecular weight excluding hydrogens is 1020 g/mol. The molecule has 81 heavy (non-hydrogen) atoms. The average molecular weight is 1140 g/mol. The van der Waals surface area contributed by atoms with Gasteiger partial charge in [0.05, 0.1) is 33.8 Å². The molecule has 0 aromatic rings. The van der Waals surface area contributed by atoms with Crippen LogP contribution in [0, 0.1) is 0 Å². The number of ether oxygens (including phenoxy) is 1. The predicted octanol–water partition coefficient (Wildman–Crippen LogP) is 19.6. The molecule has 3 unspecified atom stereocenters. The normalized spacial score (nSPS) is 14.6. The number of likely N-dealkylation sites (N-methyl/N-ethyl adjacent to an activating group) is 1. The number of phosphoric acid groups is 1. The van der Waals surface area contributed by atoms with Gasteiger partial charge in [-0.25, -0.2) is 0 Å². The molecule has 0 radical (unpaired) electrons. The Morgan fingerprint density at radius 3 is 1.21 bits per heavy atom. The molecule has 0 aromatic heterocycles. The topological polar surface area (TPSA) is 114 Å². The zero-order valence-electron chi connectivity index (χ0n) is 52.4. The number of nitrogens with one attached hydrogen (secondary N) is 1. The minimum Gasteiger partial charge on any atom is -0.756 e. The van der Waals surface area contributed by atoms with Crippen LogP contribution < -0.4 is 10.2 Å². The van der Waals surface area contributed by atoms with Crippen molar-refractivity contribution in [3.05, 3.63) is 146 Å². The van der Waals surface area contributed by atoms with Gasteiger partial charge in [0, 0.05) is 12.8 Å². The first-order valence-electron chi connectivity index (χ1n) is 32.1. The van der Waals surface area contributed by atoms with Gasteiger partial charge in [-0.15, -0.1) is 0 Å². The molecule has 9 nitrogen and oxygen atoms in total. The number of quaternary nitrogens is 1. The summed E-state index contributed by atoms with van der Waals surface area (Å²) in [5, 5.41) is 2.97. The van der Waals surface area contributed by atoms with E-state index in [-0.39, 0.29) is 31.3 Å². The molecule has 0 rings (SSSR count). The molecule has 0 saturated heterocycles. The molecule has 0 aliphatic heterocycles. The maximum Gasteiger partial charge on any atom is 0.306 e. The standard InChI is InChI=1S/C71H119N2O7P/c1-7-10-13-16-19-22-25-27-29-31-33-34-35-36-37-38-40-42-44-46-49-52-55-58-61-64-71(75)80-69(62-59-56-53-50-47-24-21-18-15-12-9-3)68(67-79-81(76,77)78-66-65-73(4,5)6)72-70(74)63-60-57-54-51-48-45-43-41-39-32-30-28-26-23-20-17-14-11-8-2/h10-11,13-14,19-20,22-23,27-30,33-34,36-37,39,41,45,48,54,57,59,62,68-69H,7-9,12,15-18,21,24-26,31-32,35,38,40,42-44,46-47,49-53,55-56,58,60-61,63-67H2,1-6H3,(H-,72,74,76,77)/b13-10-,14-11-,22-19-,23-20-,29-27-,30-28-,34-33-,37-36-,41-39-,48-45-,57-54-,62-59-. The van der Waals surface area contributed by atoms with E-state index in [0.717, 1.165) is 116 Å². The van der Waals surface area contributed by atoms with Crippen molar-refractivity contribution in [2.45, 2.75) is 251 Å². The zero-order chi connectivity index (χ0) is 59.3. The highest BCUT2D eigenvalue weighted by atomic mass is 31.2. The fraction of sp³-hybridized carbons (Fsp3) is 0.634. The van der Waals surface area contributed by atoms with Crippen LogP contribution >= 0.6 is 7.82 Å². The number of phosphoric ester groups is 1. The Bertz CT molecular complexity index is 1890. The van der Waals surface area contributed by atoms with E-state index < -0.39 is 26.6 Å². The van der Waals surface area contributed by atoms with Crippen LogP contribution in [0.1, 0.15) is 239 Å². The summed E-state index contributed by atoms with van der Waals surface area (Å²) in [6, 6.07) is -0.942. The van der Waals surface area contributed by atoms with Crippen molar-refractivity contribution in [3.63, 3.8) is 0 Å². The number of rotatable bonds is 56. The van der Waals surface area contributed by atoms with Crippen LogP contribution in [0.25, 0.3) is 0 Å². The summed E-state index contributed by atoms with van der Waals surface area (Å²) in [4.78, 5) is 40.0. The van der Waals surface area contributed by atoms with Gasteiger partial charge >= 0.3 is 5.97 Å². The van der Waals surface area contributed by atoms with Gasteiger partial charge in [-0.05, 0) is 115 Å². The number of nitrogens with zero attached hydrogens (tertiary/aromatic N) is 1. The highest BCUT2D eigenvalue weighted by Gasteiger charge is 2.27. The molecule has 0 bridgehead atoms. The lowest BCUT2D eigenvalue weighted by atomic mass is 10.1. The van der Waals surface area contributed by atoms with E-state index in [1.807, 2.05) is 39.4 Å². The maximum absolute atomic E-state index is 13.5. The van der Waals surface area contributed by atoms with Crippen LogP contribution in [0.3, 0.4) is 0 Å². The van der Waals surface area contributed by atoms with Gasteiger partial charge in [0.1, 0.15) is 19.3 Å². The minimum atomic E-state index is -4.73. The number of unbranched alkanes of at least 4 members (excludes halogenated alkanes) is 18. The van der Waals surface area contributed by atoms with Crippen LogP contribution in [0.5, 0.6) is 0 Å². The quantitative estimate of drug-likeness (QED) is 0.0212. The molecule has 10 heteroatoms. The smallest absolute Gasteiger partial charge is 0.306 e. The second kappa shape index (κ2) is 59.1. The number of carbonyl (C=O) groups excluding carboxylic acids is 2. The maximum atomic E-state index is 13.5. The second-order valence-electron chi connectivity index (χ2n) is 22.1. The van der Waals surface area contributed by atoms with E-state index in [0.29, 0.717) is 23.9 Å². The van der Waals surface area contributed by atoms with Crippen molar-refractivity contribution in [2.24, 2.45) is 0 Å². The number of allylic oxidation sites excluding steroid dienone is 23. The Morgan fingerprint density at radius 2 is 0.802 bits per heavy atom. The lowest BCUT2D eigenvalue weighted by Crippen LogP contribution is -2.47. The molecule has 1 N–H and O–H groups in total. The Labute approximate surface area is 498 Å². The van der Waals surface area contributed by atoms with Crippen molar-refractivity contribution in [1.29, 1.82) is 0 Å². The summed E-state index contributed by atoms with van der Waals surface area (Å²) < 4.78 is 30.3. The molecule has 460 valence electrons. The third-order valence-corrected chi connectivity index (χ3v) is 14.2. The number of hydrogen-bond acceptors (Lipinski definition) is 7. The van der Waals surface area contributed by atoms with Gasteiger partial charge in [-0.2, -0.15) is 0 Å². The van der Waals surface area contributed by atoms with Crippen molar-refractivity contribution < 1.29 is 37.3 Å². The van der Waals surface area contributed by atoms with Crippen molar-refractivity contribution in [3.8, 4) is 0 Å². The van der Waals surface area contributed by atoms with Gasteiger partial charge in [0.25, 0.3) is 7.82 Å². The van der Waals surface area contributed by atoms with E-state index >= 15 is 0 Å². The Balaban J connectivity index is 5.26. The minimum absolute atomic E-state index is 0.0449. The molecule has 0 aliphatic rings. The second-order valence-corrected chi connectivity index (χ2v) is 23.6. The van der Waals surface area contributed by atoms with Gasteiger partial charge < -0.3 is 28.5 Å². The van der Waals surface area contributed by atoms with E-state index in [9.17, 15) is 19.0 Å². The number of amides is 1. The van der Waals surface area contributed by atoms with E-state index in [1.54, 1.807) is 6.08 Å². The van der Waals surface area contributed by atoms with Crippen LogP contribution in [-0.4, -0.2) is 69.4 Å². The molecular formula is C71H119N2O7P. The van der Waals surface area contributed by atoms with Crippen LogP contribution in [0.2, 0.25) is 0 Å². The molecule has 0 heterocycles. The Kier molecular flexibility index (Phi) is 56.1. The zero-order valence-corrected chi connectivity index (χ0v) is 53.3. The lowest BCUT2D eigenvalue weighted by molar-refractivity contribution is -0.870. The molecule has 1 amide bonds. The number of carbonyl (C=O) groups is 2. The first kappa shape index (κ1) is 76.9. The average Bonchev–Trinajstić information content (AvgIpc) is 3.43. The van der Waals surface area contributed by atoms with Crippen LogP contribution in [0.15, 0.2) is 146 Å².